The molecule has 2 aliphatic rings. The Morgan fingerprint density at radius 1 is 1.13 bits per heavy atom. The first-order valence-electron chi connectivity index (χ1n) is 10.5. The average molecular weight is 418 g/mol. The first-order valence-corrected chi connectivity index (χ1v) is 10.5. The molecule has 31 heavy (non-hydrogen) atoms. The lowest BCUT2D eigenvalue weighted by atomic mass is 10.1. The number of likely N-dealkylation sites (tertiary alicyclic amines) is 1. The number of carbonyl (C=O) groups excluding carboxylic acids is 1. The molecule has 2 aromatic carbocycles. The second-order valence-electron chi connectivity index (χ2n) is 8.12. The number of para-hydroxylation sites is 2. The highest BCUT2D eigenvalue weighted by Gasteiger charge is 2.43. The molecule has 0 aliphatic carbocycles. The maximum Gasteiger partial charge on any atom is 0.244 e. The lowest BCUT2D eigenvalue weighted by Crippen LogP contribution is -2.45. The minimum absolute atomic E-state index is 0.0153. The van der Waals surface area contributed by atoms with Gasteiger partial charge in [-0.15, -0.1) is 0 Å². The lowest BCUT2D eigenvalue weighted by Gasteiger charge is -2.32. The third-order valence-corrected chi connectivity index (χ3v) is 6.13. The summed E-state index contributed by atoms with van der Waals surface area (Å²) < 4.78 is 13.6. The number of imidazole rings is 1. The summed E-state index contributed by atoms with van der Waals surface area (Å²) in [6.45, 7) is 1.79. The molecule has 7 nitrogen and oxygen atoms in total. The summed E-state index contributed by atoms with van der Waals surface area (Å²) in [5, 5.41) is 0. The second kappa shape index (κ2) is 8.07. The Balaban J connectivity index is 1.48. The molecule has 0 saturated carbocycles. The fourth-order valence-corrected chi connectivity index (χ4v) is 4.44. The number of benzene rings is 2. The molecule has 1 amide bonds. The van der Waals surface area contributed by atoms with Gasteiger partial charge >= 0.3 is 0 Å². The van der Waals surface area contributed by atoms with Crippen LogP contribution in [-0.4, -0.2) is 46.2 Å². The van der Waals surface area contributed by atoms with E-state index in [2.05, 4.69) is 9.88 Å². The van der Waals surface area contributed by atoms with E-state index >= 15 is 0 Å². The summed E-state index contributed by atoms with van der Waals surface area (Å²) in [5.41, 5.74) is 1.85. The summed E-state index contributed by atoms with van der Waals surface area (Å²) in [5.74, 6) is 2.60. The van der Waals surface area contributed by atoms with E-state index in [9.17, 15) is 4.79 Å². The van der Waals surface area contributed by atoms with Crippen molar-refractivity contribution in [1.29, 1.82) is 0 Å². The SMILES string of the molecule is COc1ccc(CN2C(=O)[C@@H]3C[C@@H](CN3Cc3nccn3C)Oc3ccccc32)cc1. The van der Waals surface area contributed by atoms with Crippen LogP contribution in [0, 0.1) is 0 Å². The average Bonchev–Trinajstić information content (AvgIpc) is 3.38. The number of methoxy groups -OCH3 is 1. The standard InChI is InChI=1S/C24H26N4O3/c1-26-12-11-25-23(26)16-27-15-19-13-21(27)24(29)28(20-5-3-4-6-22(20)31-19)14-17-7-9-18(30-2)10-8-17/h3-12,19,21H,13-16H2,1-2H3/t19-,21-/m0/s1. The Morgan fingerprint density at radius 3 is 2.68 bits per heavy atom. The Hall–Kier alpha value is -3.32. The smallest absolute Gasteiger partial charge is 0.244 e. The van der Waals surface area contributed by atoms with Gasteiger partial charge in [-0.3, -0.25) is 9.69 Å². The van der Waals surface area contributed by atoms with Crippen molar-refractivity contribution in [3.8, 4) is 11.5 Å². The zero-order valence-corrected chi connectivity index (χ0v) is 17.8. The summed E-state index contributed by atoms with van der Waals surface area (Å²) in [6, 6.07) is 15.4. The van der Waals surface area contributed by atoms with Gasteiger partial charge in [0.25, 0.3) is 0 Å². The van der Waals surface area contributed by atoms with E-state index in [1.54, 1.807) is 13.3 Å². The molecular weight excluding hydrogens is 392 g/mol. The molecule has 0 radical (unpaired) electrons. The number of aryl methyl sites for hydroxylation is 1. The van der Waals surface area contributed by atoms with Crippen LogP contribution < -0.4 is 14.4 Å². The van der Waals surface area contributed by atoms with Crippen LogP contribution in [0.2, 0.25) is 0 Å². The minimum atomic E-state index is -0.242. The first kappa shape index (κ1) is 19.6. The summed E-state index contributed by atoms with van der Waals surface area (Å²) in [6.07, 6.45) is 4.38. The third kappa shape index (κ3) is 3.77. The molecule has 7 heteroatoms. The Kier molecular flexibility index (Phi) is 5.11. The van der Waals surface area contributed by atoms with Crippen LogP contribution in [0.25, 0.3) is 0 Å². The number of ether oxygens (including phenoxy) is 2. The van der Waals surface area contributed by atoms with Gasteiger partial charge in [-0.2, -0.15) is 0 Å². The number of aromatic nitrogens is 2. The van der Waals surface area contributed by atoms with E-state index < -0.39 is 0 Å². The molecule has 5 rings (SSSR count). The van der Waals surface area contributed by atoms with Gasteiger partial charge in [0.05, 0.1) is 31.9 Å². The molecule has 3 aromatic rings. The number of rotatable bonds is 5. The normalized spacial score (nSPS) is 20.7. The zero-order valence-electron chi connectivity index (χ0n) is 17.8. The molecule has 3 heterocycles. The van der Waals surface area contributed by atoms with Gasteiger partial charge in [0.1, 0.15) is 23.4 Å². The predicted molar refractivity (Wildman–Crippen MR) is 117 cm³/mol. The highest BCUT2D eigenvalue weighted by molar-refractivity contribution is 5.99. The van der Waals surface area contributed by atoms with Crippen LogP contribution in [0.15, 0.2) is 60.9 Å². The van der Waals surface area contributed by atoms with Crippen LogP contribution >= 0.6 is 0 Å². The zero-order chi connectivity index (χ0) is 21.4. The van der Waals surface area contributed by atoms with Gasteiger partial charge in [0.15, 0.2) is 0 Å². The molecule has 1 fully saturated rings. The fourth-order valence-electron chi connectivity index (χ4n) is 4.44. The molecule has 2 aliphatic heterocycles. The van der Waals surface area contributed by atoms with Crippen molar-refractivity contribution in [2.45, 2.75) is 31.7 Å². The number of anilines is 1. The van der Waals surface area contributed by atoms with E-state index in [1.807, 2.05) is 71.2 Å². The van der Waals surface area contributed by atoms with E-state index in [0.29, 0.717) is 26.1 Å². The molecule has 1 saturated heterocycles. The van der Waals surface area contributed by atoms with Gasteiger partial charge in [0.2, 0.25) is 5.91 Å². The second-order valence-corrected chi connectivity index (χ2v) is 8.12. The van der Waals surface area contributed by atoms with E-state index in [1.165, 1.54) is 0 Å². The summed E-state index contributed by atoms with van der Waals surface area (Å²) in [7, 11) is 3.63. The Labute approximate surface area is 181 Å². The van der Waals surface area contributed by atoms with Gasteiger partial charge < -0.3 is 18.9 Å². The number of fused-ring (bicyclic) bond motifs is 3. The molecule has 0 N–H and O–H groups in total. The predicted octanol–water partition coefficient (Wildman–Crippen LogP) is 3.00. The number of amides is 1. The number of hydrogen-bond donors (Lipinski definition) is 0. The topological polar surface area (TPSA) is 59.8 Å². The molecule has 2 bridgehead atoms. The van der Waals surface area contributed by atoms with Crippen molar-refractivity contribution in [3.05, 3.63) is 72.3 Å². The number of carbonyl (C=O) groups is 1. The molecule has 1 aromatic heterocycles. The van der Waals surface area contributed by atoms with Crippen LogP contribution in [0.4, 0.5) is 5.69 Å². The third-order valence-electron chi connectivity index (χ3n) is 6.13. The van der Waals surface area contributed by atoms with Crippen molar-refractivity contribution >= 4 is 11.6 Å². The Morgan fingerprint density at radius 2 is 1.94 bits per heavy atom. The first-order chi connectivity index (χ1) is 15.1. The van der Waals surface area contributed by atoms with Crippen molar-refractivity contribution in [2.75, 3.05) is 18.6 Å². The maximum atomic E-state index is 13.8. The van der Waals surface area contributed by atoms with Gasteiger partial charge in [-0.1, -0.05) is 24.3 Å². The minimum Gasteiger partial charge on any atom is -0.497 e. The number of nitrogens with zero attached hydrogens (tertiary/aromatic N) is 4. The molecular formula is C24H26N4O3. The summed E-state index contributed by atoms with van der Waals surface area (Å²) >= 11 is 0. The summed E-state index contributed by atoms with van der Waals surface area (Å²) in [4.78, 5) is 22.4. The van der Waals surface area contributed by atoms with E-state index in [-0.39, 0.29) is 18.1 Å². The van der Waals surface area contributed by atoms with E-state index in [0.717, 1.165) is 28.6 Å². The van der Waals surface area contributed by atoms with Crippen molar-refractivity contribution in [1.82, 2.24) is 14.5 Å². The quantitative estimate of drug-likeness (QED) is 0.638. The van der Waals surface area contributed by atoms with Gasteiger partial charge in [0, 0.05) is 32.4 Å². The molecule has 160 valence electrons. The van der Waals surface area contributed by atoms with Crippen molar-refractivity contribution < 1.29 is 14.3 Å². The maximum absolute atomic E-state index is 13.8. The molecule has 0 spiro atoms. The Bertz CT molecular complexity index is 1080. The molecule has 2 atom stereocenters. The van der Waals surface area contributed by atoms with Crippen molar-refractivity contribution in [3.63, 3.8) is 0 Å². The largest absolute Gasteiger partial charge is 0.497 e. The highest BCUT2D eigenvalue weighted by Crippen LogP contribution is 2.37. The molecule has 0 unspecified atom stereocenters. The highest BCUT2D eigenvalue weighted by atomic mass is 16.5. The van der Waals surface area contributed by atoms with Crippen LogP contribution in [-0.2, 0) is 24.9 Å². The van der Waals surface area contributed by atoms with Crippen LogP contribution in [0.5, 0.6) is 11.5 Å². The van der Waals surface area contributed by atoms with Gasteiger partial charge in [-0.25, -0.2) is 4.98 Å². The van der Waals surface area contributed by atoms with Crippen molar-refractivity contribution in [2.24, 2.45) is 7.05 Å². The van der Waals surface area contributed by atoms with Crippen LogP contribution in [0.1, 0.15) is 17.8 Å². The van der Waals surface area contributed by atoms with E-state index in [4.69, 9.17) is 9.47 Å². The van der Waals surface area contributed by atoms with Crippen LogP contribution in [0.3, 0.4) is 0 Å². The fraction of sp³-hybridized carbons (Fsp3) is 0.333. The van der Waals surface area contributed by atoms with Gasteiger partial charge in [-0.05, 0) is 29.8 Å². The monoisotopic (exact) mass is 418 g/mol. The lowest BCUT2D eigenvalue weighted by molar-refractivity contribution is -0.123. The number of hydrogen-bond acceptors (Lipinski definition) is 5.